The van der Waals surface area contributed by atoms with Crippen molar-refractivity contribution in [3.8, 4) is 0 Å². The molecular formula is C17H13Cl2FN6. The lowest BCUT2D eigenvalue weighted by Crippen LogP contribution is -2.06. The van der Waals surface area contributed by atoms with Crippen LogP contribution in [-0.4, -0.2) is 9.97 Å². The van der Waals surface area contributed by atoms with E-state index in [-0.39, 0.29) is 35.0 Å². The lowest BCUT2D eigenvalue weighted by Gasteiger charge is -2.10. The quantitative estimate of drug-likeness (QED) is 0.442. The van der Waals surface area contributed by atoms with Crippen LogP contribution in [0, 0.1) is 5.82 Å². The van der Waals surface area contributed by atoms with Crippen LogP contribution >= 0.6 is 23.2 Å². The lowest BCUT2D eigenvalue weighted by molar-refractivity contribution is 0.613. The zero-order valence-corrected chi connectivity index (χ0v) is 14.8. The number of nitrogens with two attached hydrogens (primary N) is 1. The first kappa shape index (κ1) is 18.0. The Labute approximate surface area is 158 Å². The van der Waals surface area contributed by atoms with Crippen molar-refractivity contribution in [3.05, 3.63) is 70.1 Å². The predicted molar refractivity (Wildman–Crippen MR) is 101 cm³/mol. The van der Waals surface area contributed by atoms with Gasteiger partial charge in [-0.2, -0.15) is 15.1 Å². The second-order valence-corrected chi connectivity index (χ2v) is 5.99. The molecule has 0 amide bonds. The van der Waals surface area contributed by atoms with E-state index in [1.165, 1.54) is 6.07 Å². The first-order valence-corrected chi connectivity index (χ1v) is 8.26. The number of azo groups is 1. The number of nitrogen functional groups attached to an aromatic ring is 1. The second kappa shape index (κ2) is 8.07. The van der Waals surface area contributed by atoms with Crippen molar-refractivity contribution >= 4 is 46.3 Å². The molecule has 3 aromatic rings. The van der Waals surface area contributed by atoms with Crippen LogP contribution in [0.1, 0.15) is 5.56 Å². The molecule has 0 aliphatic heterocycles. The van der Waals surface area contributed by atoms with Gasteiger partial charge in [-0.25, -0.2) is 4.39 Å². The zero-order chi connectivity index (χ0) is 18.5. The van der Waals surface area contributed by atoms with Gasteiger partial charge in [-0.05, 0) is 30.3 Å². The number of hydrogen-bond acceptors (Lipinski definition) is 6. The maximum Gasteiger partial charge on any atom is 0.223 e. The van der Waals surface area contributed by atoms with Gasteiger partial charge in [-0.15, -0.1) is 5.11 Å². The molecule has 0 atom stereocenters. The number of anilines is 2. The van der Waals surface area contributed by atoms with Gasteiger partial charge in [0, 0.05) is 17.1 Å². The number of nitrogens with zero attached hydrogens (tertiary/aromatic N) is 4. The van der Waals surface area contributed by atoms with Crippen molar-refractivity contribution in [1.82, 2.24) is 9.97 Å². The summed E-state index contributed by atoms with van der Waals surface area (Å²) in [5.74, 6) is -0.114. The van der Waals surface area contributed by atoms with E-state index in [4.69, 9.17) is 28.9 Å². The molecule has 26 heavy (non-hydrogen) atoms. The molecule has 132 valence electrons. The molecule has 0 saturated carbocycles. The Balaban J connectivity index is 1.87. The summed E-state index contributed by atoms with van der Waals surface area (Å²) in [6.45, 7) is 0.170. The van der Waals surface area contributed by atoms with Crippen molar-refractivity contribution in [2.45, 2.75) is 6.54 Å². The molecule has 0 radical (unpaired) electrons. The topological polar surface area (TPSA) is 88.5 Å². The monoisotopic (exact) mass is 390 g/mol. The highest BCUT2D eigenvalue weighted by atomic mass is 35.5. The third kappa shape index (κ3) is 4.44. The molecule has 9 heteroatoms. The number of nitrogens with one attached hydrogen (secondary N) is 1. The van der Waals surface area contributed by atoms with Crippen molar-refractivity contribution in [2.75, 3.05) is 11.1 Å². The Morgan fingerprint density at radius 3 is 2.46 bits per heavy atom. The van der Waals surface area contributed by atoms with Gasteiger partial charge in [0.2, 0.25) is 5.95 Å². The molecule has 0 aliphatic rings. The van der Waals surface area contributed by atoms with Crippen LogP contribution in [0.3, 0.4) is 0 Å². The summed E-state index contributed by atoms with van der Waals surface area (Å²) >= 11 is 12.0. The van der Waals surface area contributed by atoms with E-state index < -0.39 is 0 Å². The minimum atomic E-state index is -0.336. The van der Waals surface area contributed by atoms with Gasteiger partial charge in [0.05, 0.1) is 5.69 Å². The number of rotatable bonds is 5. The molecule has 0 unspecified atom stereocenters. The normalized spacial score (nSPS) is 11.0. The van der Waals surface area contributed by atoms with E-state index in [0.29, 0.717) is 16.3 Å². The van der Waals surface area contributed by atoms with Crippen LogP contribution in [0.15, 0.2) is 58.8 Å². The number of benzene rings is 2. The Morgan fingerprint density at radius 1 is 1.00 bits per heavy atom. The highest BCUT2D eigenvalue weighted by molar-refractivity contribution is 6.32. The maximum atomic E-state index is 13.8. The minimum absolute atomic E-state index is 0.0310. The Morgan fingerprint density at radius 2 is 1.73 bits per heavy atom. The van der Waals surface area contributed by atoms with Gasteiger partial charge < -0.3 is 11.1 Å². The van der Waals surface area contributed by atoms with Gasteiger partial charge in [0.1, 0.15) is 5.82 Å². The molecule has 0 fully saturated rings. The van der Waals surface area contributed by atoms with Gasteiger partial charge in [0.15, 0.2) is 16.7 Å². The molecular weight excluding hydrogens is 378 g/mol. The van der Waals surface area contributed by atoms with Crippen molar-refractivity contribution in [2.24, 2.45) is 10.2 Å². The molecule has 2 aromatic carbocycles. The maximum absolute atomic E-state index is 13.8. The molecule has 1 aromatic heterocycles. The first-order chi connectivity index (χ1) is 12.5. The predicted octanol–water partition coefficient (Wildman–Crippen LogP) is 5.53. The Kier molecular flexibility index (Phi) is 5.60. The third-order valence-electron chi connectivity index (χ3n) is 3.35. The molecule has 0 aliphatic carbocycles. The Bertz CT molecular complexity index is 946. The molecule has 3 N–H and O–H groups in total. The van der Waals surface area contributed by atoms with Crippen LogP contribution in [0.5, 0.6) is 0 Å². The highest BCUT2D eigenvalue weighted by Gasteiger charge is 2.13. The summed E-state index contributed by atoms with van der Waals surface area (Å²) in [6.07, 6.45) is 0. The van der Waals surface area contributed by atoms with Crippen LogP contribution in [0.2, 0.25) is 10.2 Å². The van der Waals surface area contributed by atoms with Crippen LogP contribution in [0.25, 0.3) is 0 Å². The van der Waals surface area contributed by atoms with E-state index in [1.54, 1.807) is 42.5 Å². The molecule has 1 heterocycles. The van der Waals surface area contributed by atoms with Gasteiger partial charge >= 0.3 is 0 Å². The van der Waals surface area contributed by atoms with Crippen molar-refractivity contribution < 1.29 is 4.39 Å². The summed E-state index contributed by atoms with van der Waals surface area (Å²) in [4.78, 5) is 7.96. The van der Waals surface area contributed by atoms with Gasteiger partial charge in [-0.1, -0.05) is 41.4 Å². The summed E-state index contributed by atoms with van der Waals surface area (Å²) < 4.78 is 13.8. The fraction of sp³-hybridized carbons (Fsp3) is 0.0588. The van der Waals surface area contributed by atoms with E-state index in [0.717, 1.165) is 0 Å². The largest absolute Gasteiger partial charge is 0.368 e. The minimum Gasteiger partial charge on any atom is -0.368 e. The van der Waals surface area contributed by atoms with Crippen molar-refractivity contribution in [3.63, 3.8) is 0 Å². The smallest absolute Gasteiger partial charge is 0.223 e. The van der Waals surface area contributed by atoms with E-state index >= 15 is 0 Å². The van der Waals surface area contributed by atoms with Crippen LogP contribution < -0.4 is 11.1 Å². The van der Waals surface area contributed by atoms with E-state index in [2.05, 4.69) is 25.5 Å². The molecule has 0 saturated heterocycles. The number of aromatic nitrogens is 2. The first-order valence-electron chi connectivity index (χ1n) is 7.50. The average molecular weight is 391 g/mol. The molecule has 3 rings (SSSR count). The van der Waals surface area contributed by atoms with E-state index in [9.17, 15) is 4.39 Å². The summed E-state index contributed by atoms with van der Waals surface area (Å²) in [5, 5.41) is 11.8. The third-order valence-corrected chi connectivity index (χ3v) is 3.87. The lowest BCUT2D eigenvalue weighted by atomic mass is 10.2. The molecule has 0 spiro atoms. The fourth-order valence-corrected chi connectivity index (χ4v) is 2.43. The summed E-state index contributed by atoms with van der Waals surface area (Å²) in [6, 6.07) is 13.2. The SMILES string of the molecule is Nc1nc(Cl)c(N=Nc2ccc(Cl)cc2)c(NCc2ccccc2F)n1. The standard InChI is InChI=1S/C17H13Cl2FN6/c18-11-5-7-12(8-6-11)25-26-14-15(19)23-17(21)24-16(14)22-9-10-3-1-2-4-13(10)20/h1-8H,9H2,(H3,21,22,23,24). The summed E-state index contributed by atoms with van der Waals surface area (Å²) in [5.41, 5.74) is 6.88. The number of halogens is 3. The van der Waals surface area contributed by atoms with Gasteiger partial charge in [-0.3, -0.25) is 0 Å². The average Bonchev–Trinajstić information content (AvgIpc) is 2.61. The van der Waals surface area contributed by atoms with Crippen LogP contribution in [0.4, 0.5) is 27.5 Å². The van der Waals surface area contributed by atoms with E-state index in [1.807, 2.05) is 0 Å². The highest BCUT2D eigenvalue weighted by Crippen LogP contribution is 2.33. The summed E-state index contributed by atoms with van der Waals surface area (Å²) in [7, 11) is 0. The van der Waals surface area contributed by atoms with Gasteiger partial charge in [0.25, 0.3) is 0 Å². The van der Waals surface area contributed by atoms with Crippen LogP contribution in [-0.2, 0) is 6.54 Å². The molecule has 0 bridgehead atoms. The Hall–Kier alpha value is -2.77. The number of hydrogen-bond donors (Lipinski definition) is 2. The fourth-order valence-electron chi connectivity index (χ4n) is 2.09. The van der Waals surface area contributed by atoms with Crippen molar-refractivity contribution in [1.29, 1.82) is 0 Å². The molecule has 6 nitrogen and oxygen atoms in total. The second-order valence-electron chi connectivity index (χ2n) is 5.19. The zero-order valence-electron chi connectivity index (χ0n) is 13.3.